The van der Waals surface area contributed by atoms with E-state index < -0.39 is 0 Å². The number of likely N-dealkylation sites (tertiary alicyclic amines) is 1. The number of nitrogens with one attached hydrogen (secondary N) is 1. The van der Waals surface area contributed by atoms with Crippen LogP contribution in [0.3, 0.4) is 0 Å². The Labute approximate surface area is 130 Å². The predicted molar refractivity (Wildman–Crippen MR) is 91.5 cm³/mol. The first-order chi connectivity index (χ1) is 10.1. The molecular formula is C19H32N2. The second kappa shape index (κ2) is 7.42. The molecule has 0 amide bonds. The molecule has 0 bridgehead atoms. The molecule has 0 radical (unpaired) electrons. The lowest BCUT2D eigenvalue weighted by molar-refractivity contribution is 0.154. The first kappa shape index (κ1) is 16.5. The number of hydrogen-bond donors (Lipinski definition) is 1. The topological polar surface area (TPSA) is 15.3 Å². The van der Waals surface area contributed by atoms with E-state index in [-0.39, 0.29) is 0 Å². The Morgan fingerprint density at radius 3 is 2.48 bits per heavy atom. The van der Waals surface area contributed by atoms with Gasteiger partial charge in [0, 0.05) is 12.1 Å². The summed E-state index contributed by atoms with van der Waals surface area (Å²) < 4.78 is 0. The lowest BCUT2D eigenvalue weighted by Crippen LogP contribution is -2.44. The molecule has 1 saturated heterocycles. The zero-order valence-corrected chi connectivity index (χ0v) is 14.2. The Balaban J connectivity index is 2.14. The summed E-state index contributed by atoms with van der Waals surface area (Å²) in [5.41, 5.74) is 1.92. The molecular weight excluding hydrogens is 256 g/mol. The molecule has 2 atom stereocenters. The zero-order valence-electron chi connectivity index (χ0n) is 14.2. The summed E-state index contributed by atoms with van der Waals surface area (Å²) in [4.78, 5) is 2.73. The maximum atomic E-state index is 3.57. The average molecular weight is 288 g/mol. The van der Waals surface area contributed by atoms with Gasteiger partial charge in [0.05, 0.1) is 0 Å². The Bertz CT molecular complexity index is 413. The molecule has 1 aliphatic rings. The smallest absolute Gasteiger partial charge is 0.0475 e. The average Bonchev–Trinajstić information content (AvgIpc) is 2.66. The largest absolute Gasteiger partial charge is 0.312 e. The number of benzene rings is 1. The van der Waals surface area contributed by atoms with E-state index in [0.717, 1.165) is 0 Å². The summed E-state index contributed by atoms with van der Waals surface area (Å²) in [5.74, 6) is 0. The second-order valence-electron chi connectivity index (χ2n) is 7.21. The Morgan fingerprint density at radius 1 is 1.14 bits per heavy atom. The molecule has 118 valence electrons. The molecule has 2 heteroatoms. The van der Waals surface area contributed by atoms with Crippen molar-refractivity contribution in [3.63, 3.8) is 0 Å². The summed E-state index contributed by atoms with van der Waals surface area (Å²) in [6, 6.07) is 11.9. The fourth-order valence-electron chi connectivity index (χ4n) is 3.72. The second-order valence-corrected chi connectivity index (χ2v) is 7.21. The maximum Gasteiger partial charge on any atom is 0.0475 e. The van der Waals surface area contributed by atoms with Gasteiger partial charge in [0.2, 0.25) is 0 Å². The van der Waals surface area contributed by atoms with Gasteiger partial charge in [-0.25, -0.2) is 0 Å². The van der Waals surface area contributed by atoms with Crippen molar-refractivity contribution in [1.29, 1.82) is 0 Å². The van der Waals surface area contributed by atoms with E-state index >= 15 is 0 Å². The molecule has 0 aromatic heterocycles. The quantitative estimate of drug-likeness (QED) is 0.872. The molecule has 1 aromatic carbocycles. The fourth-order valence-corrected chi connectivity index (χ4v) is 3.72. The minimum atomic E-state index is 0.428. The molecule has 0 aliphatic carbocycles. The van der Waals surface area contributed by atoms with Crippen LogP contribution in [-0.2, 0) is 0 Å². The van der Waals surface area contributed by atoms with Crippen molar-refractivity contribution in [2.24, 2.45) is 5.41 Å². The van der Waals surface area contributed by atoms with Gasteiger partial charge in [0.25, 0.3) is 0 Å². The van der Waals surface area contributed by atoms with Crippen LogP contribution in [0.25, 0.3) is 0 Å². The van der Waals surface area contributed by atoms with Crippen LogP contribution >= 0.6 is 0 Å². The molecule has 1 aliphatic heterocycles. The highest BCUT2D eigenvalue weighted by atomic mass is 15.2. The van der Waals surface area contributed by atoms with E-state index in [1.807, 2.05) is 0 Å². The summed E-state index contributed by atoms with van der Waals surface area (Å²) in [5, 5.41) is 3.57. The maximum absolute atomic E-state index is 3.57. The summed E-state index contributed by atoms with van der Waals surface area (Å²) >= 11 is 0. The van der Waals surface area contributed by atoms with Gasteiger partial charge in [0.1, 0.15) is 0 Å². The fraction of sp³-hybridized carbons (Fsp3) is 0.684. The van der Waals surface area contributed by atoms with Crippen molar-refractivity contribution >= 4 is 0 Å². The SMILES string of the molecule is CCC(C(NC)c1ccccc1)N1CCCC(C)(C)CC1. The van der Waals surface area contributed by atoms with E-state index in [1.165, 1.54) is 44.3 Å². The summed E-state index contributed by atoms with van der Waals surface area (Å²) in [6.07, 6.45) is 5.19. The zero-order chi connectivity index (χ0) is 15.3. The molecule has 0 saturated carbocycles. The van der Waals surface area contributed by atoms with Crippen molar-refractivity contribution in [3.8, 4) is 0 Å². The molecule has 1 heterocycles. The third kappa shape index (κ3) is 4.31. The number of hydrogen-bond acceptors (Lipinski definition) is 2. The normalized spacial score (nSPS) is 22.5. The van der Waals surface area contributed by atoms with Crippen LogP contribution < -0.4 is 5.32 Å². The Morgan fingerprint density at radius 2 is 1.86 bits per heavy atom. The molecule has 21 heavy (non-hydrogen) atoms. The van der Waals surface area contributed by atoms with Crippen molar-refractivity contribution in [3.05, 3.63) is 35.9 Å². The van der Waals surface area contributed by atoms with Crippen LogP contribution in [0.2, 0.25) is 0 Å². The molecule has 2 nitrogen and oxygen atoms in total. The predicted octanol–water partition coefficient (Wildman–Crippen LogP) is 4.24. The van der Waals surface area contributed by atoms with Crippen molar-refractivity contribution < 1.29 is 0 Å². The van der Waals surface area contributed by atoms with Crippen LogP contribution in [0, 0.1) is 5.41 Å². The summed E-state index contributed by atoms with van der Waals surface area (Å²) in [6.45, 7) is 9.64. The molecule has 1 fully saturated rings. The first-order valence-electron chi connectivity index (χ1n) is 8.53. The van der Waals surface area contributed by atoms with Gasteiger partial charge < -0.3 is 5.32 Å². The number of rotatable bonds is 5. The minimum absolute atomic E-state index is 0.428. The number of likely N-dealkylation sites (N-methyl/N-ethyl adjacent to an activating group) is 1. The Kier molecular flexibility index (Phi) is 5.83. The van der Waals surface area contributed by atoms with Gasteiger partial charge in [-0.15, -0.1) is 0 Å². The molecule has 2 rings (SSSR count). The van der Waals surface area contributed by atoms with E-state index in [1.54, 1.807) is 0 Å². The standard InChI is InChI=1S/C19H32N2/c1-5-17(18(20-4)16-10-7-6-8-11-16)21-14-9-12-19(2,3)13-15-21/h6-8,10-11,17-18,20H,5,9,12-15H2,1-4H3. The highest BCUT2D eigenvalue weighted by molar-refractivity contribution is 5.20. The van der Waals surface area contributed by atoms with Crippen LogP contribution in [0.15, 0.2) is 30.3 Å². The lowest BCUT2D eigenvalue weighted by Gasteiger charge is -2.36. The molecule has 0 spiro atoms. The molecule has 1 N–H and O–H groups in total. The molecule has 1 aromatic rings. The highest BCUT2D eigenvalue weighted by Gasteiger charge is 2.30. The third-order valence-corrected chi connectivity index (χ3v) is 5.12. The first-order valence-corrected chi connectivity index (χ1v) is 8.53. The van der Waals surface area contributed by atoms with Gasteiger partial charge in [-0.05, 0) is 56.8 Å². The van der Waals surface area contributed by atoms with Gasteiger partial charge >= 0.3 is 0 Å². The number of nitrogens with zero attached hydrogens (tertiary/aromatic N) is 1. The van der Waals surface area contributed by atoms with Crippen LogP contribution in [0.5, 0.6) is 0 Å². The van der Waals surface area contributed by atoms with Gasteiger partial charge in [-0.3, -0.25) is 4.90 Å². The van der Waals surface area contributed by atoms with Crippen LogP contribution in [-0.4, -0.2) is 31.1 Å². The highest BCUT2D eigenvalue weighted by Crippen LogP contribution is 2.33. The van der Waals surface area contributed by atoms with Crippen molar-refractivity contribution in [2.45, 2.75) is 58.5 Å². The van der Waals surface area contributed by atoms with Crippen LogP contribution in [0.4, 0.5) is 0 Å². The van der Waals surface area contributed by atoms with E-state index in [2.05, 4.69) is 68.4 Å². The van der Waals surface area contributed by atoms with E-state index in [4.69, 9.17) is 0 Å². The minimum Gasteiger partial charge on any atom is -0.312 e. The van der Waals surface area contributed by atoms with Crippen LogP contribution in [0.1, 0.15) is 58.1 Å². The van der Waals surface area contributed by atoms with Gasteiger partial charge in [0.15, 0.2) is 0 Å². The molecule has 2 unspecified atom stereocenters. The van der Waals surface area contributed by atoms with E-state index in [0.29, 0.717) is 17.5 Å². The monoisotopic (exact) mass is 288 g/mol. The van der Waals surface area contributed by atoms with Crippen molar-refractivity contribution in [2.75, 3.05) is 20.1 Å². The summed E-state index contributed by atoms with van der Waals surface area (Å²) in [7, 11) is 2.10. The van der Waals surface area contributed by atoms with Gasteiger partial charge in [-0.1, -0.05) is 51.1 Å². The van der Waals surface area contributed by atoms with E-state index in [9.17, 15) is 0 Å². The van der Waals surface area contributed by atoms with Gasteiger partial charge in [-0.2, -0.15) is 0 Å². The lowest BCUT2D eigenvalue weighted by atomic mass is 9.85. The third-order valence-electron chi connectivity index (χ3n) is 5.12. The van der Waals surface area contributed by atoms with Crippen molar-refractivity contribution in [1.82, 2.24) is 10.2 Å². The Hall–Kier alpha value is -0.860.